The molecular formula is C62H106O10Si. The molecule has 4 saturated carbocycles. The first kappa shape index (κ1) is 58.1. The standard InChI is InChI=1S/C62H106O10Si/c1-20-46-39(8)40(9)52(72-73(21-2,22-3)23-4)56(68-46)71-53-51(70-54-41(10)37(6)38(7)42(11)67-54)36(5)34-66-55(53)69-49-27-28-58(15)47(59(49,16)35-63)26-29-60(17)48(58)25-24-44-45-32-57(13,14)30-31-62(45,43(12)64)50(65-19)33-61(44,60)18/h24,35-42,45-56H,20-23,25-34H2,1-19H3/t36-,37?,38-,39-,40+,41?,42+,45?,46?,47-,48?,49+,50-,51+,52?,53?,54+,55+,56+,58?,59?,60?,61?,62-/m1/s1. The second-order valence-corrected chi connectivity index (χ2v) is 32.8. The van der Waals surface area contributed by atoms with Crippen LogP contribution in [0.3, 0.4) is 0 Å². The van der Waals surface area contributed by atoms with Crippen molar-refractivity contribution in [1.29, 1.82) is 0 Å². The summed E-state index contributed by atoms with van der Waals surface area (Å²) in [5.41, 5.74) is 0.0902. The van der Waals surface area contributed by atoms with Gasteiger partial charge in [-0.2, -0.15) is 0 Å². The highest BCUT2D eigenvalue weighted by Gasteiger charge is 2.72. The second-order valence-electron chi connectivity index (χ2n) is 28.1. The minimum absolute atomic E-state index is 0.00544. The molecule has 11 heteroatoms. The molecule has 8 rings (SSSR count). The maximum Gasteiger partial charge on any atom is 0.192 e. The van der Waals surface area contributed by atoms with E-state index in [1.807, 2.05) is 14.0 Å². The van der Waals surface area contributed by atoms with E-state index in [2.05, 4.69) is 124 Å². The average Bonchev–Trinajstić information content (AvgIpc) is 3.35. The third kappa shape index (κ3) is 9.36. The van der Waals surface area contributed by atoms with Crippen LogP contribution in [0.5, 0.6) is 0 Å². The normalized spacial score (nSPS) is 50.9. The molecule has 3 aliphatic heterocycles. The largest absolute Gasteiger partial charge is 0.408 e. The van der Waals surface area contributed by atoms with Crippen molar-refractivity contribution in [2.24, 2.45) is 85.8 Å². The zero-order valence-electron chi connectivity index (χ0n) is 49.6. The molecule has 3 saturated heterocycles. The van der Waals surface area contributed by atoms with Crippen LogP contribution in [0.4, 0.5) is 0 Å². The van der Waals surface area contributed by atoms with Crippen LogP contribution in [0.25, 0.3) is 0 Å². The highest BCUT2D eigenvalue weighted by Crippen LogP contribution is 2.76. The van der Waals surface area contributed by atoms with E-state index in [0.717, 1.165) is 82.3 Å². The molecule has 0 amide bonds. The van der Waals surface area contributed by atoms with Crippen LogP contribution >= 0.6 is 0 Å². The molecule has 0 aromatic rings. The molecule has 0 aromatic carbocycles. The highest BCUT2D eigenvalue weighted by atomic mass is 28.4. The number of allylic oxidation sites excluding steroid dienone is 2. The Bertz CT molecular complexity index is 1980. The topological polar surface area (TPSA) is 108 Å². The zero-order valence-corrected chi connectivity index (χ0v) is 50.6. The van der Waals surface area contributed by atoms with Gasteiger partial charge in [0.05, 0.1) is 54.1 Å². The summed E-state index contributed by atoms with van der Waals surface area (Å²) in [6.07, 6.45) is 9.35. The van der Waals surface area contributed by atoms with Gasteiger partial charge in [-0.3, -0.25) is 4.79 Å². The summed E-state index contributed by atoms with van der Waals surface area (Å²) >= 11 is 0. The van der Waals surface area contributed by atoms with Crippen LogP contribution < -0.4 is 0 Å². The smallest absolute Gasteiger partial charge is 0.192 e. The van der Waals surface area contributed by atoms with Gasteiger partial charge in [0, 0.05) is 18.9 Å². The Balaban J connectivity index is 1.13. The molecular weight excluding hydrogens is 933 g/mol. The zero-order chi connectivity index (χ0) is 53.6. The van der Waals surface area contributed by atoms with E-state index in [9.17, 15) is 9.59 Å². The first-order chi connectivity index (χ1) is 34.2. The van der Waals surface area contributed by atoms with Crippen LogP contribution in [0.1, 0.15) is 189 Å². The summed E-state index contributed by atoms with van der Waals surface area (Å²) in [5.74, 6) is 2.34. The summed E-state index contributed by atoms with van der Waals surface area (Å²) in [6.45, 7) is 41.8. The minimum atomic E-state index is -2.11. The van der Waals surface area contributed by atoms with E-state index in [1.165, 1.54) is 11.9 Å². The summed E-state index contributed by atoms with van der Waals surface area (Å²) in [7, 11) is -0.258. The lowest BCUT2D eigenvalue weighted by Crippen LogP contribution is -2.68. The Morgan fingerprint density at radius 2 is 1.38 bits per heavy atom. The Morgan fingerprint density at radius 1 is 0.712 bits per heavy atom. The van der Waals surface area contributed by atoms with Gasteiger partial charge < -0.3 is 42.4 Å². The fourth-order valence-electron chi connectivity index (χ4n) is 18.2. The van der Waals surface area contributed by atoms with Gasteiger partial charge in [-0.1, -0.05) is 122 Å². The summed E-state index contributed by atoms with van der Waals surface area (Å²) in [4.78, 5) is 28.3. The maximum atomic E-state index is 14.3. The Kier molecular flexibility index (Phi) is 16.9. The molecule has 8 aliphatic rings. The molecule has 5 aliphatic carbocycles. The molecule has 0 spiro atoms. The third-order valence-electron chi connectivity index (χ3n) is 24.5. The van der Waals surface area contributed by atoms with Crippen molar-refractivity contribution in [1.82, 2.24) is 0 Å². The number of hydrogen-bond donors (Lipinski definition) is 0. The first-order valence-electron chi connectivity index (χ1n) is 30.0. The van der Waals surface area contributed by atoms with E-state index in [-0.39, 0.29) is 75.7 Å². The van der Waals surface area contributed by atoms with Crippen molar-refractivity contribution in [2.45, 2.75) is 269 Å². The maximum absolute atomic E-state index is 14.3. The number of ketones is 1. The second kappa shape index (κ2) is 21.2. The van der Waals surface area contributed by atoms with Gasteiger partial charge >= 0.3 is 0 Å². The molecule has 3 heterocycles. The third-order valence-corrected chi connectivity index (χ3v) is 29.1. The van der Waals surface area contributed by atoms with Crippen LogP contribution in [-0.4, -0.2) is 95.7 Å². The van der Waals surface area contributed by atoms with Crippen LogP contribution in [-0.2, 0) is 47.2 Å². The summed E-state index contributed by atoms with van der Waals surface area (Å²) < 4.78 is 57.1. The van der Waals surface area contributed by atoms with Crippen molar-refractivity contribution in [2.75, 3.05) is 13.7 Å². The molecule has 0 radical (unpaired) electrons. The average molecular weight is 1040 g/mol. The van der Waals surface area contributed by atoms with Crippen molar-refractivity contribution >= 4 is 20.4 Å². The number of rotatable bonds is 15. The van der Waals surface area contributed by atoms with Crippen molar-refractivity contribution in [3.63, 3.8) is 0 Å². The number of methoxy groups -OCH3 is 1. The molecule has 0 N–H and O–H groups in total. The first-order valence-corrected chi connectivity index (χ1v) is 32.6. The lowest BCUT2D eigenvalue weighted by molar-refractivity contribution is -0.372. The molecule has 0 bridgehead atoms. The van der Waals surface area contributed by atoms with Crippen molar-refractivity contribution in [3.05, 3.63) is 11.6 Å². The van der Waals surface area contributed by atoms with Crippen molar-refractivity contribution < 1.29 is 47.2 Å². The van der Waals surface area contributed by atoms with Gasteiger partial charge in [-0.05, 0) is 159 Å². The molecule has 10 nitrogen and oxygen atoms in total. The molecule has 24 atom stereocenters. The number of carbonyl (C=O) groups excluding carboxylic acids is 2. The van der Waals surface area contributed by atoms with Crippen LogP contribution in [0, 0.1) is 85.8 Å². The predicted octanol–water partition coefficient (Wildman–Crippen LogP) is 13.8. The van der Waals surface area contributed by atoms with Crippen molar-refractivity contribution in [3.8, 4) is 0 Å². The number of Topliss-reactive ketones (excluding diaryl/α,β-unsaturated/α-hetero) is 1. The quantitative estimate of drug-likeness (QED) is 0.0681. The van der Waals surface area contributed by atoms with Gasteiger partial charge in [-0.15, -0.1) is 0 Å². The van der Waals surface area contributed by atoms with E-state index >= 15 is 0 Å². The highest BCUT2D eigenvalue weighted by molar-refractivity contribution is 6.73. The number of aldehydes is 1. The minimum Gasteiger partial charge on any atom is -0.408 e. The predicted molar refractivity (Wildman–Crippen MR) is 291 cm³/mol. The molecule has 11 unspecified atom stereocenters. The van der Waals surface area contributed by atoms with Crippen LogP contribution in [0.15, 0.2) is 11.6 Å². The SMILES string of the molecule is CCC1O[C@@H](OC2[C@H](O[C@H]3CCC4(C)C5CC=C6C7CC(C)(C)CC[C@]7(C(C)=O)[C@H](OC)CC6(C)C5(C)CC[C@H]4C3(C)C=O)OC[C@@H](C)[C@@H]2O[C@@H]2O[C@@H](C)[C@H](C)C(C)C2C)C(O[Si](CC)(CC)CC)[C@@H](C)[C@H]1C. The molecule has 73 heavy (non-hydrogen) atoms. The van der Waals surface area contributed by atoms with E-state index < -0.39 is 56.3 Å². The van der Waals surface area contributed by atoms with Gasteiger partial charge in [0.1, 0.15) is 18.2 Å². The molecule has 418 valence electrons. The van der Waals surface area contributed by atoms with Gasteiger partial charge in [0.25, 0.3) is 0 Å². The number of carbonyl (C=O) groups is 2. The fraction of sp³-hybridized carbons (Fsp3) is 0.935. The lowest BCUT2D eigenvalue weighted by Gasteiger charge is -2.72. The summed E-state index contributed by atoms with van der Waals surface area (Å²) in [5, 5.41) is 0. The fourth-order valence-corrected chi connectivity index (χ4v) is 21.1. The number of fused-ring (bicyclic) bond motifs is 7. The van der Waals surface area contributed by atoms with Crippen LogP contribution in [0.2, 0.25) is 18.1 Å². The van der Waals surface area contributed by atoms with Gasteiger partial charge in [0.2, 0.25) is 0 Å². The number of hydrogen-bond acceptors (Lipinski definition) is 10. The molecule has 0 aromatic heterocycles. The van der Waals surface area contributed by atoms with Gasteiger partial charge in [-0.25, -0.2) is 0 Å². The summed E-state index contributed by atoms with van der Waals surface area (Å²) in [6, 6.07) is 3.10. The Morgan fingerprint density at radius 3 is 2.00 bits per heavy atom. The van der Waals surface area contributed by atoms with E-state index in [0.29, 0.717) is 36.1 Å². The van der Waals surface area contributed by atoms with E-state index in [1.54, 1.807) is 0 Å². The Labute approximate surface area is 445 Å². The Hall–Kier alpha value is -1.02. The monoisotopic (exact) mass is 1040 g/mol. The lowest BCUT2D eigenvalue weighted by atomic mass is 9.33. The number of ether oxygens (including phenoxy) is 7. The van der Waals surface area contributed by atoms with E-state index in [4.69, 9.17) is 37.6 Å². The van der Waals surface area contributed by atoms with Gasteiger partial charge in [0.15, 0.2) is 27.2 Å². The molecule has 7 fully saturated rings.